The summed E-state index contributed by atoms with van der Waals surface area (Å²) in [5, 5.41) is 4.81. The van der Waals surface area contributed by atoms with Crippen LogP contribution in [0.2, 0.25) is 5.02 Å². The van der Waals surface area contributed by atoms with Crippen LogP contribution in [-0.4, -0.2) is 33.2 Å². The molecular weight excluding hydrogens is 516 g/mol. The van der Waals surface area contributed by atoms with Crippen LogP contribution in [0.25, 0.3) is 5.69 Å². The topological polar surface area (TPSA) is 66.7 Å². The molecule has 5 rings (SSSR count). The first-order valence-corrected chi connectivity index (χ1v) is 13.7. The number of nitrogens with one attached hydrogen (secondary N) is 1. The Kier molecular flexibility index (Phi) is 7.67. The Labute approximate surface area is 231 Å². The molecule has 0 spiro atoms. The van der Waals surface area contributed by atoms with Crippen molar-refractivity contribution in [3.8, 4) is 5.69 Å². The summed E-state index contributed by atoms with van der Waals surface area (Å²) in [5.74, 6) is 0.277. The molecule has 1 aliphatic rings. The number of carbonyl (C=O) groups excluding carboxylic acids is 2. The number of hydrazone groups is 1. The number of benzene rings is 3. The van der Waals surface area contributed by atoms with E-state index in [-0.39, 0.29) is 17.2 Å². The lowest BCUT2D eigenvalue weighted by atomic mass is 10.1. The maximum atomic E-state index is 12.7. The fraction of sp³-hybridized carbons (Fsp3) is 0.167. The quantitative estimate of drug-likeness (QED) is 0.220. The standard InChI is InChI=1S/C30H27ClN4O2S/c1-20-16-25(21(2)35(20)27-14-12-26(31)13-15-27)17-32-33-29(37)23-8-10-24(11-9-23)30-34(28(36)19-38-30)18-22-6-4-3-5-7-22/h3-17,30H,18-19H2,1-2H3,(H,33,37)/b32-17-/t30-/m0/s1. The molecule has 1 fully saturated rings. The van der Waals surface area contributed by atoms with Crippen LogP contribution in [0.1, 0.15) is 43.8 Å². The Morgan fingerprint density at radius 2 is 1.76 bits per heavy atom. The highest BCUT2D eigenvalue weighted by Crippen LogP contribution is 2.39. The maximum Gasteiger partial charge on any atom is 0.271 e. The third-order valence-electron chi connectivity index (χ3n) is 6.55. The van der Waals surface area contributed by atoms with Crippen molar-refractivity contribution in [3.05, 3.63) is 124 Å². The molecule has 1 atom stereocenters. The molecule has 3 aromatic carbocycles. The molecule has 1 aromatic heterocycles. The van der Waals surface area contributed by atoms with Crippen LogP contribution in [0.5, 0.6) is 0 Å². The second-order valence-corrected chi connectivity index (χ2v) is 10.6. The number of rotatable bonds is 7. The first-order valence-electron chi connectivity index (χ1n) is 12.2. The molecule has 1 N–H and O–H groups in total. The molecule has 0 bridgehead atoms. The van der Waals surface area contributed by atoms with Gasteiger partial charge >= 0.3 is 0 Å². The van der Waals surface area contributed by atoms with Gasteiger partial charge < -0.3 is 9.47 Å². The number of halogens is 1. The molecular formula is C30H27ClN4O2S. The van der Waals surface area contributed by atoms with Crippen molar-refractivity contribution in [1.82, 2.24) is 14.9 Å². The lowest BCUT2D eigenvalue weighted by Gasteiger charge is -2.24. The van der Waals surface area contributed by atoms with Crippen molar-refractivity contribution in [3.63, 3.8) is 0 Å². The highest BCUT2D eigenvalue weighted by molar-refractivity contribution is 8.00. The molecule has 0 aliphatic carbocycles. The lowest BCUT2D eigenvalue weighted by molar-refractivity contribution is -0.128. The van der Waals surface area contributed by atoms with E-state index >= 15 is 0 Å². The molecule has 38 heavy (non-hydrogen) atoms. The normalized spacial score (nSPS) is 15.4. The zero-order chi connectivity index (χ0) is 26.6. The van der Waals surface area contributed by atoms with Crippen LogP contribution >= 0.6 is 23.4 Å². The van der Waals surface area contributed by atoms with Crippen LogP contribution in [0.3, 0.4) is 0 Å². The predicted molar refractivity (Wildman–Crippen MR) is 154 cm³/mol. The van der Waals surface area contributed by atoms with Crippen molar-refractivity contribution >= 4 is 41.4 Å². The number of hydrogen-bond donors (Lipinski definition) is 1. The number of aromatic nitrogens is 1. The van der Waals surface area contributed by atoms with E-state index in [0.717, 1.165) is 33.8 Å². The van der Waals surface area contributed by atoms with Crippen molar-refractivity contribution in [1.29, 1.82) is 0 Å². The van der Waals surface area contributed by atoms with E-state index < -0.39 is 0 Å². The Bertz CT molecular complexity index is 1480. The second-order valence-electron chi connectivity index (χ2n) is 9.13. The van der Waals surface area contributed by atoms with E-state index in [0.29, 0.717) is 22.9 Å². The van der Waals surface area contributed by atoms with Gasteiger partial charge in [0.1, 0.15) is 5.37 Å². The average molecular weight is 543 g/mol. The summed E-state index contributed by atoms with van der Waals surface area (Å²) in [6.07, 6.45) is 1.66. The maximum absolute atomic E-state index is 12.7. The molecule has 1 saturated heterocycles. The van der Waals surface area contributed by atoms with E-state index in [1.54, 1.807) is 30.1 Å². The Morgan fingerprint density at radius 1 is 1.05 bits per heavy atom. The summed E-state index contributed by atoms with van der Waals surface area (Å²) < 4.78 is 2.12. The van der Waals surface area contributed by atoms with E-state index in [1.165, 1.54) is 0 Å². The zero-order valence-corrected chi connectivity index (χ0v) is 22.7. The van der Waals surface area contributed by atoms with Gasteiger partial charge in [-0.3, -0.25) is 9.59 Å². The summed E-state index contributed by atoms with van der Waals surface area (Å²) in [4.78, 5) is 27.1. The number of carbonyl (C=O) groups is 2. The van der Waals surface area contributed by atoms with E-state index in [4.69, 9.17) is 11.6 Å². The van der Waals surface area contributed by atoms with Crippen LogP contribution in [-0.2, 0) is 11.3 Å². The van der Waals surface area contributed by atoms with Gasteiger partial charge in [0.25, 0.3) is 5.91 Å². The van der Waals surface area contributed by atoms with Crippen molar-refractivity contribution < 1.29 is 9.59 Å². The van der Waals surface area contributed by atoms with Gasteiger partial charge in [0, 0.05) is 39.8 Å². The third-order valence-corrected chi connectivity index (χ3v) is 8.05. The predicted octanol–water partition coefficient (Wildman–Crippen LogP) is 6.29. The molecule has 0 saturated carbocycles. The van der Waals surface area contributed by atoms with Crippen LogP contribution < -0.4 is 5.43 Å². The molecule has 2 heterocycles. The van der Waals surface area contributed by atoms with Gasteiger partial charge in [-0.2, -0.15) is 5.10 Å². The number of nitrogens with zero attached hydrogens (tertiary/aromatic N) is 3. The monoisotopic (exact) mass is 542 g/mol. The van der Waals surface area contributed by atoms with E-state index in [9.17, 15) is 9.59 Å². The number of amides is 2. The number of aryl methyl sites for hydroxylation is 1. The van der Waals surface area contributed by atoms with Gasteiger partial charge in [0.05, 0.1) is 12.0 Å². The molecule has 2 amide bonds. The van der Waals surface area contributed by atoms with Gasteiger partial charge in [0.2, 0.25) is 5.91 Å². The first kappa shape index (κ1) is 25.8. The van der Waals surface area contributed by atoms with Gasteiger partial charge in [-0.05, 0) is 67.4 Å². The minimum Gasteiger partial charge on any atom is -0.322 e. The van der Waals surface area contributed by atoms with Gasteiger partial charge in [-0.15, -0.1) is 11.8 Å². The minimum absolute atomic E-state index is 0.0752. The summed E-state index contributed by atoms with van der Waals surface area (Å²) in [7, 11) is 0. The minimum atomic E-state index is -0.296. The van der Waals surface area contributed by atoms with Crippen molar-refractivity contribution in [2.24, 2.45) is 5.10 Å². The molecule has 6 nitrogen and oxygen atoms in total. The smallest absolute Gasteiger partial charge is 0.271 e. The largest absolute Gasteiger partial charge is 0.322 e. The van der Waals surface area contributed by atoms with Crippen LogP contribution in [0.4, 0.5) is 0 Å². The zero-order valence-electron chi connectivity index (χ0n) is 21.1. The SMILES string of the molecule is Cc1cc(/C=N\NC(=O)c2ccc([C@@H]3SCC(=O)N3Cc3ccccc3)cc2)c(C)n1-c1ccc(Cl)cc1. The molecule has 4 aromatic rings. The molecule has 0 radical (unpaired) electrons. The Morgan fingerprint density at radius 3 is 2.47 bits per heavy atom. The molecule has 8 heteroatoms. The van der Waals surface area contributed by atoms with Crippen molar-refractivity contribution in [2.75, 3.05) is 5.75 Å². The highest BCUT2D eigenvalue weighted by atomic mass is 35.5. The molecule has 0 unspecified atom stereocenters. The van der Waals surface area contributed by atoms with Gasteiger partial charge in [0.15, 0.2) is 0 Å². The summed E-state index contributed by atoms with van der Waals surface area (Å²) in [5.41, 5.74) is 9.20. The van der Waals surface area contributed by atoms with Gasteiger partial charge in [-0.1, -0.05) is 54.1 Å². The third kappa shape index (κ3) is 5.54. The fourth-order valence-corrected chi connectivity index (χ4v) is 5.93. The van der Waals surface area contributed by atoms with E-state index in [1.807, 2.05) is 91.5 Å². The van der Waals surface area contributed by atoms with Crippen LogP contribution in [0, 0.1) is 13.8 Å². The second kappa shape index (κ2) is 11.3. The number of hydrogen-bond acceptors (Lipinski definition) is 4. The average Bonchev–Trinajstić information content (AvgIpc) is 3.43. The van der Waals surface area contributed by atoms with E-state index in [2.05, 4.69) is 15.1 Å². The van der Waals surface area contributed by atoms with Crippen LogP contribution in [0.15, 0.2) is 90.0 Å². The summed E-state index contributed by atoms with van der Waals surface area (Å²) in [6, 6.07) is 27.0. The van der Waals surface area contributed by atoms with Crippen molar-refractivity contribution in [2.45, 2.75) is 25.8 Å². The first-order chi connectivity index (χ1) is 18.4. The molecule has 192 valence electrons. The Balaban J connectivity index is 1.24. The summed E-state index contributed by atoms with van der Waals surface area (Å²) in [6.45, 7) is 4.60. The molecule has 1 aliphatic heterocycles. The van der Waals surface area contributed by atoms with Gasteiger partial charge in [-0.25, -0.2) is 5.43 Å². The lowest BCUT2D eigenvalue weighted by Crippen LogP contribution is -2.27. The summed E-state index contributed by atoms with van der Waals surface area (Å²) >= 11 is 7.63. The number of thioether (sulfide) groups is 1. The Hall–Kier alpha value is -3.81. The highest BCUT2D eigenvalue weighted by Gasteiger charge is 2.32. The fourth-order valence-electron chi connectivity index (χ4n) is 4.61.